The van der Waals surface area contributed by atoms with Crippen molar-refractivity contribution >= 4 is 15.9 Å². The third-order valence-electron chi connectivity index (χ3n) is 4.01. The third-order valence-corrected chi connectivity index (χ3v) is 6.02. The van der Waals surface area contributed by atoms with Crippen molar-refractivity contribution in [3.05, 3.63) is 30.1 Å². The number of carbonyl (C=O) groups excluding carboxylic acids is 1. The molecule has 0 bridgehead atoms. The van der Waals surface area contributed by atoms with E-state index in [2.05, 4.69) is 10.6 Å². The summed E-state index contributed by atoms with van der Waals surface area (Å²) in [5, 5.41) is 5.43. The van der Waals surface area contributed by atoms with E-state index in [1.54, 1.807) is 0 Å². The van der Waals surface area contributed by atoms with Crippen LogP contribution in [0.4, 0.5) is 8.78 Å². The second kappa shape index (κ2) is 7.54. The Morgan fingerprint density at radius 2 is 1.96 bits per heavy atom. The fourth-order valence-electron chi connectivity index (χ4n) is 2.69. The molecule has 9 heteroatoms. The van der Waals surface area contributed by atoms with E-state index in [1.165, 1.54) is 6.92 Å². The zero-order valence-electron chi connectivity index (χ0n) is 13.5. The molecule has 6 nitrogen and oxygen atoms in total. The lowest BCUT2D eigenvalue weighted by atomic mass is 10.2. The Hall–Kier alpha value is -1.58. The smallest absolute Gasteiger partial charge is 0.244 e. The highest BCUT2D eigenvalue weighted by atomic mass is 32.2. The van der Waals surface area contributed by atoms with Gasteiger partial charge in [-0.1, -0.05) is 6.92 Å². The molecule has 1 aromatic rings. The van der Waals surface area contributed by atoms with Gasteiger partial charge in [0.2, 0.25) is 15.9 Å². The largest absolute Gasteiger partial charge is 0.342 e. The van der Waals surface area contributed by atoms with Gasteiger partial charge in [-0.25, -0.2) is 17.2 Å². The number of hydrogen-bond acceptors (Lipinski definition) is 4. The van der Waals surface area contributed by atoms with E-state index >= 15 is 0 Å². The number of halogens is 2. The highest BCUT2D eigenvalue weighted by Gasteiger charge is 2.49. The molecule has 3 atom stereocenters. The normalized spacial score (nSPS) is 24.9. The maximum Gasteiger partial charge on any atom is 0.244 e. The van der Waals surface area contributed by atoms with E-state index in [9.17, 15) is 22.0 Å². The van der Waals surface area contributed by atoms with Crippen LogP contribution >= 0.6 is 0 Å². The van der Waals surface area contributed by atoms with Gasteiger partial charge < -0.3 is 10.6 Å². The number of benzene rings is 1. The summed E-state index contributed by atoms with van der Waals surface area (Å²) in [6.45, 7) is 4.07. The first-order chi connectivity index (χ1) is 11.3. The van der Waals surface area contributed by atoms with Crippen molar-refractivity contribution in [2.75, 3.05) is 13.2 Å². The van der Waals surface area contributed by atoms with Gasteiger partial charge in [-0.05, 0) is 37.7 Å². The predicted molar refractivity (Wildman–Crippen MR) is 84.9 cm³/mol. The van der Waals surface area contributed by atoms with Gasteiger partial charge in [0.1, 0.15) is 18.0 Å². The number of rotatable bonds is 6. The average Bonchev–Trinajstić information content (AvgIpc) is 2.84. The zero-order chi connectivity index (χ0) is 17.9. The van der Waals surface area contributed by atoms with Crippen molar-refractivity contribution in [3.63, 3.8) is 0 Å². The first-order valence-corrected chi connectivity index (χ1v) is 9.14. The maximum absolute atomic E-state index is 14.1. The van der Waals surface area contributed by atoms with Crippen LogP contribution in [0.2, 0.25) is 0 Å². The van der Waals surface area contributed by atoms with Crippen molar-refractivity contribution in [2.45, 2.75) is 43.4 Å². The van der Waals surface area contributed by atoms with Crippen LogP contribution in [0.25, 0.3) is 0 Å². The fourth-order valence-corrected chi connectivity index (χ4v) is 4.50. The summed E-state index contributed by atoms with van der Waals surface area (Å²) < 4.78 is 53.6. The number of carbonyl (C=O) groups is 1. The summed E-state index contributed by atoms with van der Waals surface area (Å²) in [7, 11) is -4.12. The third kappa shape index (κ3) is 3.73. The molecule has 1 aliphatic heterocycles. The summed E-state index contributed by atoms with van der Waals surface area (Å²) in [6.07, 6.45) is -1.66. The van der Waals surface area contributed by atoms with Crippen LogP contribution in [0.3, 0.4) is 0 Å². The quantitative estimate of drug-likeness (QED) is 0.585. The van der Waals surface area contributed by atoms with Gasteiger partial charge in [0, 0.05) is 6.42 Å². The van der Waals surface area contributed by atoms with Crippen LogP contribution in [0.1, 0.15) is 20.3 Å². The highest BCUT2D eigenvalue weighted by molar-refractivity contribution is 7.89. The standard InChI is InChI=1S/C15H21F2N3O3S/c1-3-18-9-19-15(21)14-8-13(17)10(2)20(14)24(22,23)12-6-4-11(16)5-7-12/h4-7,10,13-14,18H,3,8-9H2,1-2H3,(H,19,21)/t10-,13+,14-/m0/s1. The molecule has 1 fully saturated rings. The van der Waals surface area contributed by atoms with Crippen LogP contribution in [0.5, 0.6) is 0 Å². The van der Waals surface area contributed by atoms with Crippen molar-refractivity contribution < 1.29 is 22.0 Å². The van der Waals surface area contributed by atoms with Crippen LogP contribution < -0.4 is 10.6 Å². The average molecular weight is 361 g/mol. The number of nitrogens with one attached hydrogen (secondary N) is 2. The number of alkyl halides is 1. The summed E-state index contributed by atoms with van der Waals surface area (Å²) in [5.74, 6) is -1.14. The molecule has 0 radical (unpaired) electrons. The number of sulfonamides is 1. The molecular formula is C15H21F2N3O3S. The minimum atomic E-state index is -4.12. The highest BCUT2D eigenvalue weighted by Crippen LogP contribution is 2.33. The van der Waals surface area contributed by atoms with Gasteiger partial charge in [0.15, 0.2) is 0 Å². The van der Waals surface area contributed by atoms with Crippen LogP contribution in [0.15, 0.2) is 29.2 Å². The van der Waals surface area contributed by atoms with Crippen molar-refractivity contribution in [1.82, 2.24) is 14.9 Å². The predicted octanol–water partition coefficient (Wildman–Crippen LogP) is 0.999. The topological polar surface area (TPSA) is 78.5 Å². The molecule has 24 heavy (non-hydrogen) atoms. The summed E-state index contributed by atoms with van der Waals surface area (Å²) in [6, 6.07) is 2.13. The molecule has 2 N–H and O–H groups in total. The van der Waals surface area contributed by atoms with Crippen molar-refractivity contribution in [1.29, 1.82) is 0 Å². The van der Waals surface area contributed by atoms with Gasteiger partial charge in [0.05, 0.1) is 17.6 Å². The molecule has 0 aliphatic carbocycles. The molecule has 0 saturated carbocycles. The molecular weight excluding hydrogens is 340 g/mol. The second-order valence-electron chi connectivity index (χ2n) is 5.62. The van der Waals surface area contributed by atoms with Crippen LogP contribution in [-0.4, -0.2) is 50.1 Å². The molecule has 1 aliphatic rings. The van der Waals surface area contributed by atoms with Gasteiger partial charge in [-0.2, -0.15) is 4.31 Å². The Morgan fingerprint density at radius 1 is 1.33 bits per heavy atom. The zero-order valence-corrected chi connectivity index (χ0v) is 14.3. The molecule has 134 valence electrons. The molecule has 1 aromatic carbocycles. The van der Waals surface area contributed by atoms with Gasteiger partial charge in [-0.15, -0.1) is 0 Å². The molecule has 2 rings (SSSR count). The van der Waals surface area contributed by atoms with Crippen molar-refractivity contribution in [2.24, 2.45) is 0 Å². The number of amides is 1. The Kier molecular flexibility index (Phi) is 5.89. The van der Waals surface area contributed by atoms with E-state index in [1.807, 2.05) is 6.92 Å². The van der Waals surface area contributed by atoms with E-state index in [0.717, 1.165) is 28.6 Å². The lowest BCUT2D eigenvalue weighted by molar-refractivity contribution is -0.124. The summed E-state index contributed by atoms with van der Waals surface area (Å²) in [5.41, 5.74) is 0. The van der Waals surface area contributed by atoms with Crippen LogP contribution in [0, 0.1) is 5.82 Å². The lowest BCUT2D eigenvalue weighted by Crippen LogP contribution is -2.49. The van der Waals surface area contributed by atoms with Gasteiger partial charge in [0.25, 0.3) is 0 Å². The molecule has 0 aromatic heterocycles. The summed E-state index contributed by atoms with van der Waals surface area (Å²) >= 11 is 0. The van der Waals surface area contributed by atoms with Crippen LogP contribution in [-0.2, 0) is 14.8 Å². The van der Waals surface area contributed by atoms with E-state index < -0.39 is 40.0 Å². The van der Waals surface area contributed by atoms with E-state index in [0.29, 0.717) is 6.54 Å². The monoisotopic (exact) mass is 361 g/mol. The first-order valence-electron chi connectivity index (χ1n) is 7.70. The first kappa shape index (κ1) is 18.8. The number of nitrogens with zero attached hydrogens (tertiary/aromatic N) is 1. The molecule has 1 saturated heterocycles. The lowest BCUT2D eigenvalue weighted by Gasteiger charge is -2.26. The van der Waals surface area contributed by atoms with E-state index in [-0.39, 0.29) is 18.0 Å². The van der Waals surface area contributed by atoms with Gasteiger partial charge in [-0.3, -0.25) is 4.79 Å². The van der Waals surface area contributed by atoms with Gasteiger partial charge >= 0.3 is 0 Å². The summed E-state index contributed by atoms with van der Waals surface area (Å²) in [4.78, 5) is 12.1. The minimum absolute atomic E-state index is 0.168. The Bertz CT molecular complexity index is 682. The molecule has 1 heterocycles. The number of hydrogen-bond donors (Lipinski definition) is 2. The maximum atomic E-state index is 14.1. The fraction of sp³-hybridized carbons (Fsp3) is 0.533. The minimum Gasteiger partial charge on any atom is -0.342 e. The Labute approximate surface area is 140 Å². The Morgan fingerprint density at radius 3 is 2.54 bits per heavy atom. The Balaban J connectivity index is 2.29. The SMILES string of the molecule is CCNCNC(=O)[C@@H]1C[C@@H](F)[C@H](C)N1S(=O)(=O)c1ccc(F)cc1. The van der Waals surface area contributed by atoms with Crippen molar-refractivity contribution in [3.8, 4) is 0 Å². The molecule has 0 unspecified atom stereocenters. The van der Waals surface area contributed by atoms with E-state index in [4.69, 9.17) is 0 Å². The molecule has 0 spiro atoms. The molecule has 1 amide bonds. The second-order valence-corrected chi connectivity index (χ2v) is 7.46.